The molecular weight excluding hydrogens is 298 g/mol. The van der Waals surface area contributed by atoms with E-state index < -0.39 is 24.4 Å². The minimum absolute atomic E-state index is 0.353. The van der Waals surface area contributed by atoms with Crippen molar-refractivity contribution in [2.75, 3.05) is 13.7 Å². The molecule has 124 valence electrons. The summed E-state index contributed by atoms with van der Waals surface area (Å²) in [6, 6.07) is 9.56. The van der Waals surface area contributed by atoms with E-state index in [4.69, 9.17) is 9.47 Å². The fourth-order valence-corrected chi connectivity index (χ4v) is 3.03. The third kappa shape index (κ3) is 2.74. The zero-order valence-corrected chi connectivity index (χ0v) is 13.1. The number of nitrogens with zero attached hydrogens (tertiary/aromatic N) is 1. The van der Waals surface area contributed by atoms with Gasteiger partial charge in [-0.05, 0) is 35.9 Å². The molecule has 1 aliphatic heterocycles. The summed E-state index contributed by atoms with van der Waals surface area (Å²) in [5.74, 6) is 0.567. The Kier molecular flexibility index (Phi) is 4.41. The van der Waals surface area contributed by atoms with Crippen LogP contribution in [0.3, 0.4) is 0 Å². The van der Waals surface area contributed by atoms with Crippen LogP contribution in [0.4, 0.5) is 0 Å². The Morgan fingerprint density at radius 1 is 1.22 bits per heavy atom. The molecule has 1 aliphatic rings. The third-order valence-corrected chi connectivity index (χ3v) is 4.32. The average Bonchev–Trinajstić information content (AvgIpc) is 3.11. The lowest BCUT2D eigenvalue weighted by Crippen LogP contribution is -2.32. The molecule has 2 aromatic rings. The molecule has 2 heterocycles. The van der Waals surface area contributed by atoms with E-state index in [9.17, 15) is 15.3 Å². The summed E-state index contributed by atoms with van der Waals surface area (Å²) < 4.78 is 13.0. The van der Waals surface area contributed by atoms with E-state index in [1.807, 2.05) is 48.1 Å². The van der Waals surface area contributed by atoms with Crippen LogP contribution in [0.1, 0.15) is 11.7 Å². The first kappa shape index (κ1) is 16.0. The van der Waals surface area contributed by atoms with Gasteiger partial charge in [-0.15, -0.1) is 0 Å². The lowest BCUT2D eigenvalue weighted by Gasteiger charge is -2.19. The number of aliphatic hydroxyl groups is 3. The summed E-state index contributed by atoms with van der Waals surface area (Å²) in [5, 5.41) is 29.5. The number of ether oxygens (including phenoxy) is 2. The highest BCUT2D eigenvalue weighted by atomic mass is 16.6. The van der Waals surface area contributed by atoms with Crippen molar-refractivity contribution in [3.63, 3.8) is 0 Å². The zero-order valence-electron chi connectivity index (χ0n) is 13.1. The third-order valence-electron chi connectivity index (χ3n) is 4.32. The molecule has 1 aromatic heterocycles. The molecule has 6 heteroatoms. The van der Waals surface area contributed by atoms with E-state index in [2.05, 4.69) is 0 Å². The van der Waals surface area contributed by atoms with Crippen LogP contribution in [0.15, 0.2) is 36.5 Å². The Hall–Kier alpha value is -1.86. The molecule has 0 amide bonds. The van der Waals surface area contributed by atoms with Crippen LogP contribution in [0.5, 0.6) is 5.75 Å². The number of rotatable bonds is 4. The van der Waals surface area contributed by atoms with Gasteiger partial charge in [0.25, 0.3) is 0 Å². The molecular formula is C17H21NO5. The molecule has 0 spiro atoms. The molecule has 0 saturated carbocycles. The second-order valence-corrected chi connectivity index (χ2v) is 5.72. The van der Waals surface area contributed by atoms with Crippen molar-refractivity contribution >= 4 is 0 Å². The van der Waals surface area contributed by atoms with E-state index in [1.54, 1.807) is 7.11 Å². The van der Waals surface area contributed by atoms with E-state index >= 15 is 0 Å². The van der Waals surface area contributed by atoms with Crippen LogP contribution in [0.25, 0.3) is 11.3 Å². The van der Waals surface area contributed by atoms with Crippen molar-refractivity contribution in [3.05, 3.63) is 42.1 Å². The molecule has 6 nitrogen and oxygen atoms in total. The summed E-state index contributed by atoms with van der Waals surface area (Å²) in [7, 11) is 3.49. The maximum atomic E-state index is 10.3. The highest BCUT2D eigenvalue weighted by Gasteiger charge is 2.44. The fourth-order valence-electron chi connectivity index (χ4n) is 3.03. The predicted octanol–water partition coefficient (Wildman–Crippen LogP) is 0.855. The molecule has 0 unspecified atom stereocenters. The Labute approximate surface area is 134 Å². The van der Waals surface area contributed by atoms with Crippen molar-refractivity contribution in [2.45, 2.75) is 24.4 Å². The smallest absolute Gasteiger partial charge is 0.124 e. The average molecular weight is 319 g/mol. The second-order valence-electron chi connectivity index (χ2n) is 5.72. The molecule has 4 atom stereocenters. The Balaban J connectivity index is 2.02. The fraction of sp³-hybridized carbons (Fsp3) is 0.412. The molecule has 0 radical (unpaired) electrons. The van der Waals surface area contributed by atoms with Gasteiger partial charge in [0.15, 0.2) is 0 Å². The van der Waals surface area contributed by atoms with Crippen LogP contribution in [0.2, 0.25) is 0 Å². The van der Waals surface area contributed by atoms with Gasteiger partial charge in [-0.1, -0.05) is 0 Å². The molecule has 1 fully saturated rings. The van der Waals surface area contributed by atoms with Gasteiger partial charge in [0.05, 0.1) is 13.7 Å². The van der Waals surface area contributed by atoms with Crippen LogP contribution in [-0.4, -0.2) is 51.9 Å². The molecule has 0 aliphatic carbocycles. The predicted molar refractivity (Wildman–Crippen MR) is 84.1 cm³/mol. The second kappa shape index (κ2) is 6.33. The first-order chi connectivity index (χ1) is 11.1. The molecule has 3 rings (SSSR count). The van der Waals surface area contributed by atoms with Gasteiger partial charge in [-0.25, -0.2) is 0 Å². The lowest BCUT2D eigenvalue weighted by molar-refractivity contribution is -0.0233. The van der Waals surface area contributed by atoms with Crippen LogP contribution in [-0.2, 0) is 11.8 Å². The Bertz CT molecular complexity index is 683. The highest BCUT2D eigenvalue weighted by Crippen LogP contribution is 2.39. The number of benzene rings is 1. The van der Waals surface area contributed by atoms with Gasteiger partial charge in [-0.3, -0.25) is 0 Å². The van der Waals surface area contributed by atoms with Gasteiger partial charge in [0.2, 0.25) is 0 Å². The standard InChI is InChI=1S/C17H21NO5/c1-18-7-3-4-12(18)10-5-6-13(22-2)11(8-10)17-16(21)15(20)14(9-19)23-17/h3-8,14-17,19-21H,9H2,1-2H3/t14-,15-,16-,17+/m1/s1. The molecule has 23 heavy (non-hydrogen) atoms. The molecule has 1 saturated heterocycles. The summed E-state index contributed by atoms with van der Waals surface area (Å²) >= 11 is 0. The molecule has 0 bridgehead atoms. The first-order valence-corrected chi connectivity index (χ1v) is 7.49. The van der Waals surface area contributed by atoms with Gasteiger partial charge >= 0.3 is 0 Å². The van der Waals surface area contributed by atoms with Crippen molar-refractivity contribution in [3.8, 4) is 17.0 Å². The minimum Gasteiger partial charge on any atom is -0.496 e. The first-order valence-electron chi connectivity index (χ1n) is 7.49. The number of aromatic nitrogens is 1. The lowest BCUT2D eigenvalue weighted by atomic mass is 9.98. The van der Waals surface area contributed by atoms with Crippen LogP contribution < -0.4 is 4.74 Å². The molecule has 3 N–H and O–H groups in total. The van der Waals surface area contributed by atoms with Crippen molar-refractivity contribution in [1.82, 2.24) is 4.57 Å². The summed E-state index contributed by atoms with van der Waals surface area (Å²) in [6.07, 6.45) is -1.86. The van der Waals surface area contributed by atoms with Gasteiger partial charge in [0.1, 0.15) is 30.2 Å². The van der Waals surface area contributed by atoms with Crippen molar-refractivity contribution < 1.29 is 24.8 Å². The van der Waals surface area contributed by atoms with Gasteiger partial charge in [-0.2, -0.15) is 0 Å². The SMILES string of the molecule is COc1ccc(-c2cccn2C)cc1[C@@H]1O[C@H](CO)[C@@H](O)[C@H]1O. The van der Waals surface area contributed by atoms with Crippen molar-refractivity contribution in [1.29, 1.82) is 0 Å². The normalized spacial score (nSPS) is 27.3. The number of aliphatic hydroxyl groups excluding tert-OH is 3. The van der Waals surface area contributed by atoms with Gasteiger partial charge < -0.3 is 29.4 Å². The zero-order chi connectivity index (χ0) is 16.6. The quantitative estimate of drug-likeness (QED) is 0.778. The van der Waals surface area contributed by atoms with E-state index in [0.29, 0.717) is 11.3 Å². The maximum absolute atomic E-state index is 10.3. The number of hydrogen-bond donors (Lipinski definition) is 3. The largest absolute Gasteiger partial charge is 0.496 e. The Morgan fingerprint density at radius 2 is 2.00 bits per heavy atom. The maximum Gasteiger partial charge on any atom is 0.124 e. The van der Waals surface area contributed by atoms with E-state index in [-0.39, 0.29) is 6.61 Å². The van der Waals surface area contributed by atoms with E-state index in [1.165, 1.54) is 0 Å². The minimum atomic E-state index is -1.13. The van der Waals surface area contributed by atoms with Gasteiger partial charge in [0, 0.05) is 24.5 Å². The number of methoxy groups -OCH3 is 1. The highest BCUT2D eigenvalue weighted by molar-refractivity contribution is 5.63. The topological polar surface area (TPSA) is 84.1 Å². The number of hydrogen-bond acceptors (Lipinski definition) is 5. The van der Waals surface area contributed by atoms with E-state index in [0.717, 1.165) is 11.3 Å². The monoisotopic (exact) mass is 319 g/mol. The summed E-state index contributed by atoms with van der Waals surface area (Å²) in [6.45, 7) is -0.353. The van der Waals surface area contributed by atoms with Crippen molar-refractivity contribution in [2.24, 2.45) is 7.05 Å². The summed E-state index contributed by atoms with van der Waals surface area (Å²) in [5.41, 5.74) is 2.61. The Morgan fingerprint density at radius 3 is 2.57 bits per heavy atom. The van der Waals surface area contributed by atoms with Crippen LogP contribution >= 0.6 is 0 Å². The number of aryl methyl sites for hydroxylation is 1. The summed E-state index contributed by atoms with van der Waals surface area (Å²) in [4.78, 5) is 0. The molecule has 1 aromatic carbocycles. The van der Waals surface area contributed by atoms with Crippen LogP contribution in [0, 0.1) is 0 Å².